The monoisotopic (exact) mass is 471 g/mol. The highest BCUT2D eigenvalue weighted by Gasteiger charge is 2.34. The van der Waals surface area contributed by atoms with Crippen LogP contribution in [0.3, 0.4) is 0 Å². The summed E-state index contributed by atoms with van der Waals surface area (Å²) in [5.41, 5.74) is 0.954. The molecular weight excluding hydrogens is 447 g/mol. The van der Waals surface area contributed by atoms with Crippen molar-refractivity contribution in [1.82, 2.24) is 15.2 Å². The third-order valence-corrected chi connectivity index (χ3v) is 5.02. The van der Waals surface area contributed by atoms with Gasteiger partial charge in [-0.3, -0.25) is 9.59 Å². The first kappa shape index (κ1) is 24.6. The zero-order chi connectivity index (χ0) is 25.0. The largest absolute Gasteiger partial charge is 0.419 e. The minimum atomic E-state index is -4.67. The van der Waals surface area contributed by atoms with Crippen molar-refractivity contribution in [3.05, 3.63) is 77.0 Å². The average Bonchev–Trinajstić information content (AvgIpc) is 2.79. The number of alkyl halides is 3. The molecule has 0 fully saturated rings. The van der Waals surface area contributed by atoms with Crippen LogP contribution in [0.4, 0.5) is 36.1 Å². The molecule has 3 rings (SSSR count). The van der Waals surface area contributed by atoms with Gasteiger partial charge in [-0.05, 0) is 42.8 Å². The van der Waals surface area contributed by atoms with E-state index in [-0.39, 0.29) is 28.7 Å². The summed E-state index contributed by atoms with van der Waals surface area (Å²) in [6.45, 7) is 1.78. The second kappa shape index (κ2) is 9.82. The van der Waals surface area contributed by atoms with Crippen LogP contribution in [0.25, 0.3) is 0 Å². The van der Waals surface area contributed by atoms with Crippen molar-refractivity contribution in [3.8, 4) is 0 Å². The number of aromatic nitrogens is 1. The van der Waals surface area contributed by atoms with Crippen LogP contribution in [0.5, 0.6) is 0 Å². The van der Waals surface area contributed by atoms with Crippen molar-refractivity contribution in [2.45, 2.75) is 13.1 Å². The zero-order valence-corrected chi connectivity index (χ0v) is 19.0. The Kier molecular flexibility index (Phi) is 7.09. The van der Waals surface area contributed by atoms with E-state index in [9.17, 15) is 22.8 Å². The molecule has 1 heterocycles. The van der Waals surface area contributed by atoms with E-state index in [4.69, 9.17) is 0 Å². The molecule has 2 aromatic carbocycles. The first-order valence-corrected chi connectivity index (χ1v) is 10.3. The van der Waals surface area contributed by atoms with E-state index in [0.717, 1.165) is 6.20 Å². The van der Waals surface area contributed by atoms with E-state index in [0.29, 0.717) is 16.8 Å². The first-order valence-electron chi connectivity index (χ1n) is 10.3. The Bertz CT molecular complexity index is 1230. The van der Waals surface area contributed by atoms with Crippen LogP contribution in [-0.2, 0) is 6.18 Å². The van der Waals surface area contributed by atoms with Gasteiger partial charge >= 0.3 is 6.18 Å². The maximum atomic E-state index is 13.7. The van der Waals surface area contributed by atoms with Gasteiger partial charge in [0.2, 0.25) is 0 Å². The standard InChI is InChI=1S/C24H24F3N5O2/c1-14-11-15(23(34)32(3)4)9-10-18(14)31-21-12-20(17(13-29-21)24(25,26)27)30-19-8-6-5-7-16(19)22(33)28-2/h5-13H,1-4H3,(H,28,33)(H2,29,30,31). The molecule has 0 spiro atoms. The van der Waals surface area contributed by atoms with Crippen molar-refractivity contribution in [2.24, 2.45) is 0 Å². The molecule has 178 valence electrons. The van der Waals surface area contributed by atoms with E-state index in [1.165, 1.54) is 30.1 Å². The molecule has 34 heavy (non-hydrogen) atoms. The second-order valence-corrected chi connectivity index (χ2v) is 7.72. The van der Waals surface area contributed by atoms with Crippen molar-refractivity contribution >= 4 is 34.7 Å². The lowest BCUT2D eigenvalue weighted by Gasteiger charge is -2.18. The van der Waals surface area contributed by atoms with Crippen LogP contribution in [0, 0.1) is 6.92 Å². The summed E-state index contributed by atoms with van der Waals surface area (Å²) in [4.78, 5) is 29.7. The number of hydrogen-bond acceptors (Lipinski definition) is 5. The molecule has 0 bridgehead atoms. The Morgan fingerprint density at radius 3 is 2.26 bits per heavy atom. The molecule has 0 saturated heterocycles. The van der Waals surface area contributed by atoms with Gasteiger partial charge in [-0.1, -0.05) is 12.1 Å². The van der Waals surface area contributed by atoms with E-state index in [1.807, 2.05) is 0 Å². The Balaban J connectivity index is 1.98. The second-order valence-electron chi connectivity index (χ2n) is 7.72. The number of carbonyl (C=O) groups excluding carboxylic acids is 2. The number of nitrogens with zero attached hydrogens (tertiary/aromatic N) is 2. The number of pyridine rings is 1. The van der Waals surface area contributed by atoms with Crippen LogP contribution >= 0.6 is 0 Å². The highest BCUT2D eigenvalue weighted by atomic mass is 19.4. The summed E-state index contributed by atoms with van der Waals surface area (Å²) in [6.07, 6.45) is -3.94. The molecule has 0 saturated carbocycles. The normalized spacial score (nSPS) is 11.0. The molecule has 0 radical (unpaired) electrons. The lowest BCUT2D eigenvalue weighted by Crippen LogP contribution is -2.21. The Hall–Kier alpha value is -4.08. The fourth-order valence-corrected chi connectivity index (χ4v) is 3.26. The van der Waals surface area contributed by atoms with Gasteiger partial charge < -0.3 is 20.9 Å². The fraction of sp³-hybridized carbons (Fsp3) is 0.208. The highest BCUT2D eigenvalue weighted by molar-refractivity contribution is 6.00. The summed E-state index contributed by atoms with van der Waals surface area (Å²) in [5, 5.41) is 8.20. The van der Waals surface area contributed by atoms with Gasteiger partial charge in [0.15, 0.2) is 0 Å². The number of amides is 2. The zero-order valence-electron chi connectivity index (χ0n) is 19.0. The van der Waals surface area contributed by atoms with E-state index in [1.54, 1.807) is 51.4 Å². The molecule has 2 amide bonds. The lowest BCUT2D eigenvalue weighted by molar-refractivity contribution is -0.137. The number of carbonyl (C=O) groups is 2. The van der Waals surface area contributed by atoms with Gasteiger partial charge in [-0.2, -0.15) is 13.2 Å². The summed E-state index contributed by atoms with van der Waals surface area (Å²) < 4.78 is 41.0. The summed E-state index contributed by atoms with van der Waals surface area (Å²) in [7, 11) is 4.73. The van der Waals surface area contributed by atoms with Crippen LogP contribution < -0.4 is 16.0 Å². The molecule has 1 aromatic heterocycles. The van der Waals surface area contributed by atoms with Gasteiger partial charge in [0, 0.05) is 44.7 Å². The average molecular weight is 471 g/mol. The molecule has 3 N–H and O–H groups in total. The molecule has 0 atom stereocenters. The minimum Gasteiger partial charge on any atom is -0.355 e. The molecule has 3 aromatic rings. The first-order chi connectivity index (χ1) is 16.0. The SMILES string of the molecule is CNC(=O)c1ccccc1Nc1cc(Nc2ccc(C(=O)N(C)C)cc2C)ncc1C(F)(F)F. The number of rotatable bonds is 6. The number of benzene rings is 2. The van der Waals surface area contributed by atoms with Crippen molar-refractivity contribution in [3.63, 3.8) is 0 Å². The highest BCUT2D eigenvalue weighted by Crippen LogP contribution is 2.37. The molecular formula is C24H24F3N5O2. The quantitative estimate of drug-likeness (QED) is 0.473. The summed E-state index contributed by atoms with van der Waals surface area (Å²) in [6, 6.07) is 12.5. The maximum absolute atomic E-state index is 13.7. The number of halogens is 3. The molecule has 10 heteroatoms. The van der Waals surface area contributed by atoms with Crippen LogP contribution in [0.2, 0.25) is 0 Å². The molecule has 0 unspecified atom stereocenters. The summed E-state index contributed by atoms with van der Waals surface area (Å²) >= 11 is 0. The number of nitrogens with one attached hydrogen (secondary N) is 3. The fourth-order valence-electron chi connectivity index (χ4n) is 3.26. The molecule has 0 aliphatic heterocycles. The lowest BCUT2D eigenvalue weighted by atomic mass is 10.1. The van der Waals surface area contributed by atoms with Crippen molar-refractivity contribution in [1.29, 1.82) is 0 Å². The van der Waals surface area contributed by atoms with Crippen LogP contribution in [-0.4, -0.2) is 42.8 Å². The number of para-hydroxylation sites is 1. The topological polar surface area (TPSA) is 86.4 Å². The Labute approximate surface area is 195 Å². The number of anilines is 4. The van der Waals surface area contributed by atoms with Crippen molar-refractivity contribution in [2.75, 3.05) is 31.8 Å². The van der Waals surface area contributed by atoms with E-state index in [2.05, 4.69) is 20.9 Å². The Morgan fingerprint density at radius 1 is 0.941 bits per heavy atom. The van der Waals surface area contributed by atoms with Crippen molar-refractivity contribution < 1.29 is 22.8 Å². The predicted molar refractivity (Wildman–Crippen MR) is 125 cm³/mol. The minimum absolute atomic E-state index is 0.155. The third-order valence-electron chi connectivity index (χ3n) is 5.02. The van der Waals surface area contributed by atoms with Gasteiger partial charge in [-0.25, -0.2) is 4.98 Å². The molecule has 0 aliphatic rings. The Morgan fingerprint density at radius 2 is 1.65 bits per heavy atom. The van der Waals surface area contributed by atoms with Crippen LogP contribution in [0.15, 0.2) is 54.7 Å². The number of hydrogen-bond donors (Lipinski definition) is 3. The van der Waals surface area contributed by atoms with Gasteiger partial charge in [-0.15, -0.1) is 0 Å². The smallest absolute Gasteiger partial charge is 0.355 e. The molecule has 0 aliphatic carbocycles. The molecule has 7 nitrogen and oxygen atoms in total. The maximum Gasteiger partial charge on any atom is 0.419 e. The summed E-state index contributed by atoms with van der Waals surface area (Å²) in [5.74, 6) is -0.446. The predicted octanol–water partition coefficient (Wildman–Crippen LogP) is 4.96. The van der Waals surface area contributed by atoms with Gasteiger partial charge in [0.1, 0.15) is 5.82 Å². The third kappa shape index (κ3) is 5.45. The van der Waals surface area contributed by atoms with E-state index < -0.39 is 17.6 Å². The number of aryl methyl sites for hydroxylation is 1. The van der Waals surface area contributed by atoms with Gasteiger partial charge in [0.05, 0.1) is 22.5 Å². The van der Waals surface area contributed by atoms with Crippen LogP contribution in [0.1, 0.15) is 31.8 Å². The van der Waals surface area contributed by atoms with Gasteiger partial charge in [0.25, 0.3) is 11.8 Å². The van der Waals surface area contributed by atoms with E-state index >= 15 is 0 Å².